The molecule has 0 radical (unpaired) electrons. The highest BCUT2D eigenvalue weighted by Crippen LogP contribution is 2.31. The van der Waals surface area contributed by atoms with Crippen LogP contribution in [0.2, 0.25) is 5.02 Å². The summed E-state index contributed by atoms with van der Waals surface area (Å²) < 4.78 is 0. The van der Waals surface area contributed by atoms with Crippen LogP contribution in [-0.4, -0.2) is 9.97 Å². The maximum atomic E-state index is 12.6. The topological polar surface area (TPSA) is 69.5 Å². The molecule has 30 heavy (non-hydrogen) atoms. The molecule has 5 rings (SSSR count). The van der Waals surface area contributed by atoms with E-state index < -0.39 is 0 Å². The van der Waals surface area contributed by atoms with Crippen molar-refractivity contribution in [2.45, 2.75) is 0 Å². The van der Waals surface area contributed by atoms with E-state index in [1.165, 1.54) is 0 Å². The number of halogens is 1. The number of fused-ring (bicyclic) bond motifs is 3. The second-order valence-corrected chi connectivity index (χ2v) is 7.41. The lowest BCUT2D eigenvalue weighted by atomic mass is 9.95. The van der Waals surface area contributed by atoms with Gasteiger partial charge < -0.3 is 4.98 Å². The van der Waals surface area contributed by atoms with Crippen molar-refractivity contribution < 1.29 is 0 Å². The molecule has 0 aliphatic carbocycles. The number of nitrogens with zero attached hydrogens (tertiary/aromatic N) is 2. The maximum Gasteiger partial charge on any atom is 0.259 e. The number of benzene rings is 4. The minimum absolute atomic E-state index is 0.231. The Bertz CT molecular complexity index is 1540. The van der Waals surface area contributed by atoms with Gasteiger partial charge in [0, 0.05) is 5.02 Å². The Kier molecular flexibility index (Phi) is 4.31. The fraction of sp³-hybridized carbons (Fsp3) is 0. The lowest BCUT2D eigenvalue weighted by Gasteiger charge is -2.09. The molecular formula is C25H14ClN3O. The molecule has 0 aliphatic heterocycles. The Balaban J connectivity index is 1.80. The first-order chi connectivity index (χ1) is 14.6. The molecule has 4 nitrogen and oxygen atoms in total. The lowest BCUT2D eigenvalue weighted by molar-refractivity contribution is 1.13. The zero-order chi connectivity index (χ0) is 20.7. The van der Waals surface area contributed by atoms with Crippen LogP contribution in [0.1, 0.15) is 11.4 Å². The third kappa shape index (κ3) is 3.02. The standard InChI is InChI=1S/C25H14ClN3O/c26-18-9-10-23-22(13-18)25(30)29-24(28-23)17(14-27)12-21-19-7-3-1-5-15(19)11-16-6-2-4-8-20(16)21/h1-13H,(H,28,29,30)/b17-12+. The minimum atomic E-state index is -0.332. The second kappa shape index (κ2) is 7.14. The van der Waals surface area contributed by atoms with Crippen LogP contribution in [0.4, 0.5) is 0 Å². The number of hydrogen-bond acceptors (Lipinski definition) is 3. The first-order valence-corrected chi connectivity index (χ1v) is 9.74. The quantitative estimate of drug-likeness (QED) is 0.290. The SMILES string of the molecule is N#C/C(=C\c1c2ccccc2cc2ccccc12)c1nc2ccc(Cl)cc2c(=O)[nH]1. The molecular weight excluding hydrogens is 394 g/mol. The highest BCUT2D eigenvalue weighted by atomic mass is 35.5. The summed E-state index contributed by atoms with van der Waals surface area (Å²) in [6.45, 7) is 0. The lowest BCUT2D eigenvalue weighted by Crippen LogP contribution is -2.11. The average molecular weight is 408 g/mol. The van der Waals surface area contributed by atoms with Gasteiger partial charge in [0.2, 0.25) is 0 Å². The third-order valence-electron chi connectivity index (χ3n) is 5.14. The third-order valence-corrected chi connectivity index (χ3v) is 5.38. The van der Waals surface area contributed by atoms with Crippen molar-refractivity contribution in [3.05, 3.63) is 99.6 Å². The molecule has 0 spiro atoms. The van der Waals surface area contributed by atoms with E-state index in [0.717, 1.165) is 27.1 Å². The van der Waals surface area contributed by atoms with E-state index in [-0.39, 0.29) is 17.0 Å². The van der Waals surface area contributed by atoms with E-state index in [1.807, 2.05) is 48.5 Å². The number of aromatic amines is 1. The van der Waals surface area contributed by atoms with Gasteiger partial charge in [0.25, 0.3) is 5.56 Å². The van der Waals surface area contributed by atoms with Gasteiger partial charge in [-0.15, -0.1) is 0 Å². The molecule has 5 aromatic rings. The molecule has 1 N–H and O–H groups in total. The number of nitrogens with one attached hydrogen (secondary N) is 1. The Morgan fingerprint density at radius 2 is 1.60 bits per heavy atom. The molecule has 1 aromatic heterocycles. The number of hydrogen-bond donors (Lipinski definition) is 1. The largest absolute Gasteiger partial charge is 0.305 e. The summed E-state index contributed by atoms with van der Waals surface area (Å²) >= 11 is 5.99. The average Bonchev–Trinajstić information content (AvgIpc) is 2.77. The predicted octanol–water partition coefficient (Wildman–Crippen LogP) is 5.95. The summed E-state index contributed by atoms with van der Waals surface area (Å²) in [7, 11) is 0. The highest BCUT2D eigenvalue weighted by molar-refractivity contribution is 6.31. The van der Waals surface area contributed by atoms with Crippen LogP contribution in [0.3, 0.4) is 0 Å². The monoisotopic (exact) mass is 407 g/mol. The Morgan fingerprint density at radius 3 is 2.27 bits per heavy atom. The molecule has 0 aliphatic rings. The fourth-order valence-electron chi connectivity index (χ4n) is 3.74. The molecule has 0 fully saturated rings. The number of nitriles is 1. The predicted molar refractivity (Wildman–Crippen MR) is 122 cm³/mol. The molecule has 4 aromatic carbocycles. The minimum Gasteiger partial charge on any atom is -0.305 e. The van der Waals surface area contributed by atoms with Crippen molar-refractivity contribution >= 4 is 55.7 Å². The molecule has 5 heteroatoms. The van der Waals surface area contributed by atoms with Gasteiger partial charge in [0.15, 0.2) is 5.82 Å². The van der Waals surface area contributed by atoms with Gasteiger partial charge in [-0.05, 0) is 57.4 Å². The van der Waals surface area contributed by atoms with E-state index in [2.05, 4.69) is 22.1 Å². The number of H-pyrrole nitrogens is 1. The second-order valence-electron chi connectivity index (χ2n) is 6.98. The number of allylic oxidation sites excluding steroid dienone is 1. The first-order valence-electron chi connectivity index (χ1n) is 9.36. The van der Waals surface area contributed by atoms with E-state index in [1.54, 1.807) is 24.3 Å². The summed E-state index contributed by atoms with van der Waals surface area (Å²) in [4.78, 5) is 19.8. The van der Waals surface area contributed by atoms with E-state index in [9.17, 15) is 10.1 Å². The van der Waals surface area contributed by atoms with Gasteiger partial charge in [-0.1, -0.05) is 60.1 Å². The summed E-state index contributed by atoms with van der Waals surface area (Å²) in [6.07, 6.45) is 1.80. The molecule has 0 unspecified atom stereocenters. The van der Waals surface area contributed by atoms with Crippen molar-refractivity contribution in [1.29, 1.82) is 5.26 Å². The first kappa shape index (κ1) is 18.1. The molecule has 0 amide bonds. The van der Waals surface area contributed by atoms with Crippen LogP contribution in [0.25, 0.3) is 44.1 Å². The Morgan fingerprint density at radius 1 is 0.933 bits per heavy atom. The molecule has 0 bridgehead atoms. The van der Waals surface area contributed by atoms with Crippen molar-refractivity contribution in [1.82, 2.24) is 9.97 Å². The fourth-order valence-corrected chi connectivity index (χ4v) is 3.91. The zero-order valence-corrected chi connectivity index (χ0v) is 16.4. The zero-order valence-electron chi connectivity index (χ0n) is 15.7. The normalized spacial score (nSPS) is 11.8. The number of rotatable bonds is 2. The van der Waals surface area contributed by atoms with Gasteiger partial charge >= 0.3 is 0 Å². The summed E-state index contributed by atoms with van der Waals surface area (Å²) in [6, 6.07) is 25.3. The molecule has 0 atom stereocenters. The Labute approximate surface area is 176 Å². The summed E-state index contributed by atoms with van der Waals surface area (Å²) in [5.74, 6) is 0.231. The van der Waals surface area contributed by atoms with Gasteiger partial charge in [-0.3, -0.25) is 4.79 Å². The van der Waals surface area contributed by atoms with Gasteiger partial charge in [-0.25, -0.2) is 4.98 Å². The molecule has 0 saturated carbocycles. The molecule has 142 valence electrons. The van der Waals surface area contributed by atoms with E-state index in [0.29, 0.717) is 15.9 Å². The van der Waals surface area contributed by atoms with Crippen LogP contribution in [0.15, 0.2) is 77.6 Å². The molecule has 1 heterocycles. The van der Waals surface area contributed by atoms with Crippen LogP contribution < -0.4 is 5.56 Å². The van der Waals surface area contributed by atoms with Crippen LogP contribution in [-0.2, 0) is 0 Å². The van der Waals surface area contributed by atoms with Gasteiger partial charge in [-0.2, -0.15) is 5.26 Å². The van der Waals surface area contributed by atoms with Crippen molar-refractivity contribution in [3.63, 3.8) is 0 Å². The van der Waals surface area contributed by atoms with Crippen molar-refractivity contribution in [3.8, 4) is 6.07 Å². The molecule has 0 saturated heterocycles. The maximum absolute atomic E-state index is 12.6. The Hall–Kier alpha value is -3.94. The van der Waals surface area contributed by atoms with Gasteiger partial charge in [0.1, 0.15) is 6.07 Å². The van der Waals surface area contributed by atoms with Crippen LogP contribution in [0.5, 0.6) is 0 Å². The highest BCUT2D eigenvalue weighted by Gasteiger charge is 2.12. The van der Waals surface area contributed by atoms with Crippen LogP contribution in [0, 0.1) is 11.3 Å². The van der Waals surface area contributed by atoms with E-state index >= 15 is 0 Å². The summed E-state index contributed by atoms with van der Waals surface area (Å²) in [5, 5.41) is 14.9. The van der Waals surface area contributed by atoms with Crippen LogP contribution >= 0.6 is 11.6 Å². The summed E-state index contributed by atoms with van der Waals surface area (Å²) in [5.41, 5.74) is 1.35. The number of aromatic nitrogens is 2. The van der Waals surface area contributed by atoms with Gasteiger partial charge in [0.05, 0.1) is 16.5 Å². The van der Waals surface area contributed by atoms with E-state index in [4.69, 9.17) is 11.6 Å². The smallest absolute Gasteiger partial charge is 0.259 e. The van der Waals surface area contributed by atoms with Crippen molar-refractivity contribution in [2.75, 3.05) is 0 Å². The van der Waals surface area contributed by atoms with Crippen molar-refractivity contribution in [2.24, 2.45) is 0 Å².